The molecule has 2 aromatic carbocycles. The van der Waals surface area contributed by atoms with E-state index in [1.165, 1.54) is 0 Å². The first-order valence-corrected chi connectivity index (χ1v) is 8.68. The Morgan fingerprint density at radius 2 is 0.893 bits per heavy atom. The summed E-state index contributed by atoms with van der Waals surface area (Å²) in [6.07, 6.45) is 0. The molecule has 0 radical (unpaired) electrons. The van der Waals surface area contributed by atoms with Gasteiger partial charge in [-0.15, -0.1) is 0 Å². The van der Waals surface area contributed by atoms with E-state index in [4.69, 9.17) is 19.5 Å². The van der Waals surface area contributed by atoms with Gasteiger partial charge in [-0.05, 0) is 88.1 Å². The molecule has 2 aromatic rings. The number of benzene rings is 2. The summed E-state index contributed by atoms with van der Waals surface area (Å²) in [7, 11) is 3.36. The fraction of sp³-hybridized carbons (Fsp3) is 0.348. The van der Waals surface area contributed by atoms with Crippen LogP contribution in [-0.4, -0.2) is 25.6 Å². The Morgan fingerprint density at radius 3 is 1.11 bits per heavy atom. The van der Waals surface area contributed by atoms with Gasteiger partial charge in [0.2, 0.25) is 0 Å². The van der Waals surface area contributed by atoms with Gasteiger partial charge in [0.25, 0.3) is 0 Å². The molecule has 154 valence electrons. The zero-order valence-corrected chi connectivity index (χ0v) is 19.3. The Kier molecular flexibility index (Phi) is 10.2. The third kappa shape index (κ3) is 5.94. The molecular formula is C23H31N2NiO2+. The van der Waals surface area contributed by atoms with E-state index in [0.29, 0.717) is 0 Å². The van der Waals surface area contributed by atoms with Crippen molar-refractivity contribution >= 4 is 22.8 Å². The van der Waals surface area contributed by atoms with Crippen LogP contribution in [0, 0.1) is 35.1 Å². The molecule has 0 heterocycles. The van der Waals surface area contributed by atoms with Crippen molar-refractivity contribution in [2.24, 2.45) is 9.98 Å². The van der Waals surface area contributed by atoms with Crippen LogP contribution in [0.2, 0.25) is 0 Å². The van der Waals surface area contributed by atoms with E-state index in [2.05, 4.69) is 0 Å². The number of hydrogen-bond donors (Lipinski definition) is 0. The molecule has 2 rings (SSSR count). The molecule has 0 atom stereocenters. The zero-order valence-electron chi connectivity index (χ0n) is 18.3. The second kappa shape index (κ2) is 11.0. The summed E-state index contributed by atoms with van der Waals surface area (Å²) >= 11 is 0. The molecule has 0 saturated carbocycles. The third-order valence-electron chi connectivity index (χ3n) is 4.48. The van der Waals surface area contributed by atoms with Crippen molar-refractivity contribution in [1.29, 1.82) is 0 Å². The van der Waals surface area contributed by atoms with Gasteiger partial charge in [0.1, 0.15) is 11.5 Å². The van der Waals surface area contributed by atoms with Crippen molar-refractivity contribution in [1.82, 2.24) is 0 Å². The first-order valence-electron chi connectivity index (χ1n) is 8.68. The number of nitrogens with zero attached hydrogens (tertiary/aromatic N) is 2. The molecule has 0 N–H and O–H groups in total. The fourth-order valence-electron chi connectivity index (χ4n) is 2.92. The number of hydrogen-bond acceptors (Lipinski definition) is 4. The van der Waals surface area contributed by atoms with Crippen LogP contribution in [-0.2, 0) is 16.5 Å². The van der Waals surface area contributed by atoms with Gasteiger partial charge in [0, 0.05) is 0 Å². The number of aliphatic imine (C=N–C) groups is 2. The molecule has 4 nitrogen and oxygen atoms in total. The number of aryl methyl sites for hydroxylation is 4. The molecule has 0 aliphatic heterocycles. The number of ether oxygens (including phenoxy) is 2. The first-order chi connectivity index (χ1) is 12.3. The van der Waals surface area contributed by atoms with Crippen LogP contribution in [0.4, 0.5) is 11.4 Å². The average molecular weight is 426 g/mol. The van der Waals surface area contributed by atoms with Gasteiger partial charge in [-0.1, -0.05) is 0 Å². The van der Waals surface area contributed by atoms with Crippen LogP contribution in [0.5, 0.6) is 11.5 Å². The number of rotatable bonds is 5. The van der Waals surface area contributed by atoms with Crippen molar-refractivity contribution < 1.29 is 26.0 Å². The van der Waals surface area contributed by atoms with Crippen LogP contribution >= 0.6 is 0 Å². The van der Waals surface area contributed by atoms with Crippen LogP contribution in [0.25, 0.3) is 0 Å². The van der Waals surface area contributed by atoms with Gasteiger partial charge in [-0.2, -0.15) is 0 Å². The predicted molar refractivity (Wildman–Crippen MR) is 117 cm³/mol. The normalized spacial score (nSPS) is 11.4. The molecule has 28 heavy (non-hydrogen) atoms. The van der Waals surface area contributed by atoms with Crippen LogP contribution < -0.4 is 9.47 Å². The molecule has 0 saturated heterocycles. The summed E-state index contributed by atoms with van der Waals surface area (Å²) in [6, 6.07) is 8.01. The van der Waals surface area contributed by atoms with Crippen molar-refractivity contribution in [3.05, 3.63) is 53.9 Å². The third-order valence-corrected chi connectivity index (χ3v) is 4.48. The Morgan fingerprint density at radius 1 is 0.643 bits per heavy atom. The molecular weight excluding hydrogens is 395 g/mol. The van der Waals surface area contributed by atoms with E-state index in [1.807, 2.05) is 65.8 Å². The maximum absolute atomic E-state index is 5.33. The van der Waals surface area contributed by atoms with Gasteiger partial charge >= 0.3 is 16.5 Å². The summed E-state index contributed by atoms with van der Waals surface area (Å²) in [4.78, 5) is 9.66. The molecule has 0 fully saturated rings. The van der Waals surface area contributed by atoms with Crippen molar-refractivity contribution in [3.8, 4) is 11.5 Å². The van der Waals surface area contributed by atoms with E-state index >= 15 is 0 Å². The standard InChI is InChI=1S/C22H28N2O2.CH3.Ni/c1-13-9-19(25-7)10-14(2)21(13)23-17(5)18(6)24-22-15(3)11-20(26-8)12-16(22)4;;/h9-12H,1-8H3;1H3;/q;-1;+2. The molecule has 5 heteroatoms. The quantitative estimate of drug-likeness (QED) is 0.321. The molecule has 0 aliphatic carbocycles. The van der Waals surface area contributed by atoms with Crippen molar-refractivity contribution in [3.63, 3.8) is 0 Å². The maximum atomic E-state index is 5.33. The first kappa shape index (κ1) is 25.9. The van der Waals surface area contributed by atoms with E-state index in [9.17, 15) is 0 Å². The van der Waals surface area contributed by atoms with Crippen LogP contribution in [0.1, 0.15) is 36.1 Å². The van der Waals surface area contributed by atoms with Gasteiger partial charge in [-0.3, -0.25) is 9.98 Å². The fourth-order valence-corrected chi connectivity index (χ4v) is 2.92. The summed E-state index contributed by atoms with van der Waals surface area (Å²) < 4.78 is 10.7. The van der Waals surface area contributed by atoms with Crippen molar-refractivity contribution in [2.75, 3.05) is 14.2 Å². The minimum atomic E-state index is 0. The minimum absolute atomic E-state index is 0. The van der Waals surface area contributed by atoms with E-state index < -0.39 is 0 Å². The predicted octanol–water partition coefficient (Wildman–Crippen LogP) is 6.27. The Hall–Kier alpha value is -2.13. The molecule has 0 aliphatic rings. The summed E-state index contributed by atoms with van der Waals surface area (Å²) in [5, 5.41) is 0. The molecule has 0 spiro atoms. The monoisotopic (exact) mass is 425 g/mol. The molecule has 0 unspecified atom stereocenters. The second-order valence-electron chi connectivity index (χ2n) is 6.61. The van der Waals surface area contributed by atoms with Gasteiger partial charge in [-0.25, -0.2) is 0 Å². The minimum Gasteiger partial charge on any atom is -0.497 e. The van der Waals surface area contributed by atoms with Gasteiger partial charge in [0.05, 0.1) is 37.0 Å². The van der Waals surface area contributed by atoms with E-state index in [1.54, 1.807) is 14.2 Å². The van der Waals surface area contributed by atoms with Crippen LogP contribution in [0.3, 0.4) is 0 Å². The van der Waals surface area contributed by atoms with Gasteiger partial charge < -0.3 is 16.9 Å². The molecule has 0 amide bonds. The topological polar surface area (TPSA) is 43.2 Å². The summed E-state index contributed by atoms with van der Waals surface area (Å²) in [6.45, 7) is 12.2. The largest absolute Gasteiger partial charge is 2.00 e. The van der Waals surface area contributed by atoms with E-state index in [0.717, 1.165) is 56.6 Å². The zero-order chi connectivity index (χ0) is 19.4. The van der Waals surface area contributed by atoms with Gasteiger partial charge in [0.15, 0.2) is 0 Å². The summed E-state index contributed by atoms with van der Waals surface area (Å²) in [5.41, 5.74) is 8.10. The second-order valence-corrected chi connectivity index (χ2v) is 6.61. The molecule has 0 bridgehead atoms. The summed E-state index contributed by atoms with van der Waals surface area (Å²) in [5.74, 6) is 1.71. The Bertz CT molecular complexity index is 767. The molecule has 0 aromatic heterocycles. The average Bonchev–Trinajstić information content (AvgIpc) is 2.60. The maximum Gasteiger partial charge on any atom is 2.00 e. The number of methoxy groups -OCH3 is 2. The Balaban J connectivity index is 0.00000364. The Labute approximate surface area is 180 Å². The SMILES string of the molecule is COc1cc(C)c(N=C(C)C(C)=Nc2c(C)cc(OC)cc2C)c(C)c1.[CH3-].[Ni+2]. The smallest absolute Gasteiger partial charge is 0.497 e. The van der Waals surface area contributed by atoms with E-state index in [-0.39, 0.29) is 23.9 Å². The van der Waals surface area contributed by atoms with Crippen LogP contribution in [0.15, 0.2) is 34.3 Å². The van der Waals surface area contributed by atoms with Crippen molar-refractivity contribution in [2.45, 2.75) is 41.5 Å².